The first-order valence-electron chi connectivity index (χ1n) is 8.57. The second-order valence-electron chi connectivity index (χ2n) is 6.16. The number of ether oxygens (including phenoxy) is 1. The van der Waals surface area contributed by atoms with Crippen molar-refractivity contribution in [2.24, 2.45) is 0 Å². The van der Waals surface area contributed by atoms with Gasteiger partial charge in [-0.1, -0.05) is 48.5 Å². The van der Waals surface area contributed by atoms with Crippen LogP contribution >= 0.6 is 0 Å². The monoisotopic (exact) mass is 381 g/mol. The standard InChI is InChI=1S/C20H19N3O5/c1-28-12-16(20(26)27)21-18(24)17-14-9-5-6-10-15(14)19(25)23(22-17)11-13-7-3-2-4-8-13/h2-10,16H,11-12H2,1H3,(H,21,24)(H,26,27)/t16-/m0/s1. The average molecular weight is 381 g/mol. The summed E-state index contributed by atoms with van der Waals surface area (Å²) in [4.78, 5) is 36.9. The van der Waals surface area contributed by atoms with E-state index in [1.54, 1.807) is 24.3 Å². The Bertz CT molecular complexity index is 1060. The van der Waals surface area contributed by atoms with Crippen LogP contribution in [0.4, 0.5) is 0 Å². The Labute approximate surface area is 160 Å². The Morgan fingerprint density at radius 1 is 1.11 bits per heavy atom. The summed E-state index contributed by atoms with van der Waals surface area (Å²) in [5.74, 6) is -1.92. The predicted molar refractivity (Wildman–Crippen MR) is 102 cm³/mol. The number of benzene rings is 2. The van der Waals surface area contributed by atoms with Crippen LogP contribution in [0.15, 0.2) is 59.4 Å². The first-order chi connectivity index (χ1) is 13.5. The van der Waals surface area contributed by atoms with Crippen molar-refractivity contribution in [2.45, 2.75) is 12.6 Å². The molecule has 0 spiro atoms. The zero-order valence-electron chi connectivity index (χ0n) is 15.2. The number of rotatable bonds is 7. The topological polar surface area (TPSA) is 111 Å². The van der Waals surface area contributed by atoms with Crippen LogP contribution in [0, 0.1) is 0 Å². The molecule has 1 atom stereocenters. The number of hydrogen-bond acceptors (Lipinski definition) is 5. The van der Waals surface area contributed by atoms with Gasteiger partial charge in [0.1, 0.15) is 0 Å². The summed E-state index contributed by atoms with van der Waals surface area (Å²) in [5, 5.41) is 16.5. The van der Waals surface area contributed by atoms with Gasteiger partial charge in [0.25, 0.3) is 11.5 Å². The van der Waals surface area contributed by atoms with Crippen molar-refractivity contribution < 1.29 is 19.4 Å². The minimum absolute atomic E-state index is 0.0199. The van der Waals surface area contributed by atoms with E-state index in [0.717, 1.165) is 5.56 Å². The second-order valence-corrected chi connectivity index (χ2v) is 6.16. The Morgan fingerprint density at radius 2 is 1.75 bits per heavy atom. The molecule has 3 rings (SSSR count). The van der Waals surface area contributed by atoms with Crippen LogP contribution in [0.25, 0.3) is 10.8 Å². The van der Waals surface area contributed by atoms with E-state index >= 15 is 0 Å². The molecule has 1 amide bonds. The van der Waals surface area contributed by atoms with Gasteiger partial charge in [-0.3, -0.25) is 9.59 Å². The normalized spacial score (nSPS) is 11.9. The molecule has 0 saturated heterocycles. The molecule has 0 bridgehead atoms. The molecule has 0 radical (unpaired) electrons. The Morgan fingerprint density at radius 3 is 2.39 bits per heavy atom. The number of amides is 1. The largest absolute Gasteiger partial charge is 0.480 e. The molecule has 2 N–H and O–H groups in total. The minimum atomic E-state index is -1.23. The van der Waals surface area contributed by atoms with Gasteiger partial charge >= 0.3 is 5.97 Å². The molecule has 0 fully saturated rings. The predicted octanol–water partition coefficient (Wildman–Crippen LogP) is 1.27. The number of nitrogens with one attached hydrogen (secondary N) is 1. The van der Waals surface area contributed by atoms with Gasteiger partial charge < -0.3 is 15.2 Å². The van der Waals surface area contributed by atoms with E-state index < -0.39 is 17.9 Å². The summed E-state index contributed by atoms with van der Waals surface area (Å²) >= 11 is 0. The third-order valence-electron chi connectivity index (χ3n) is 4.19. The van der Waals surface area contributed by atoms with Gasteiger partial charge in [0.15, 0.2) is 11.7 Å². The van der Waals surface area contributed by atoms with Crippen LogP contribution in [0.2, 0.25) is 0 Å². The lowest BCUT2D eigenvalue weighted by molar-refractivity contribution is -0.140. The highest BCUT2D eigenvalue weighted by Crippen LogP contribution is 2.14. The molecule has 8 nitrogen and oxygen atoms in total. The summed E-state index contributed by atoms with van der Waals surface area (Å²) in [6.07, 6.45) is 0. The number of aliphatic carboxylic acids is 1. The van der Waals surface area contributed by atoms with Crippen molar-refractivity contribution in [3.63, 3.8) is 0 Å². The lowest BCUT2D eigenvalue weighted by Gasteiger charge is -2.15. The first kappa shape index (κ1) is 19.2. The van der Waals surface area contributed by atoms with E-state index in [4.69, 9.17) is 4.74 Å². The number of fused-ring (bicyclic) bond motifs is 1. The summed E-state index contributed by atoms with van der Waals surface area (Å²) in [7, 11) is 1.34. The average Bonchev–Trinajstić information content (AvgIpc) is 2.70. The van der Waals surface area contributed by atoms with Crippen molar-refractivity contribution in [3.05, 3.63) is 76.2 Å². The second kappa shape index (κ2) is 8.45. The van der Waals surface area contributed by atoms with Gasteiger partial charge in [-0.25, -0.2) is 9.48 Å². The van der Waals surface area contributed by atoms with E-state index in [9.17, 15) is 19.5 Å². The molecule has 0 aliphatic rings. The fourth-order valence-corrected chi connectivity index (χ4v) is 2.83. The molecule has 144 valence electrons. The van der Waals surface area contributed by atoms with Crippen molar-refractivity contribution in [2.75, 3.05) is 13.7 Å². The molecule has 2 aromatic carbocycles. The minimum Gasteiger partial charge on any atom is -0.480 e. The zero-order chi connectivity index (χ0) is 20.1. The van der Waals surface area contributed by atoms with E-state index in [0.29, 0.717) is 10.8 Å². The van der Waals surface area contributed by atoms with Gasteiger partial charge in [-0.05, 0) is 11.6 Å². The number of aromatic nitrogens is 2. The van der Waals surface area contributed by atoms with E-state index in [-0.39, 0.29) is 24.4 Å². The smallest absolute Gasteiger partial charge is 0.328 e. The molecule has 0 aliphatic heterocycles. The number of nitrogens with zero attached hydrogens (tertiary/aromatic N) is 2. The fraction of sp³-hybridized carbons (Fsp3) is 0.200. The maximum Gasteiger partial charge on any atom is 0.328 e. The van der Waals surface area contributed by atoms with Crippen LogP contribution in [0.5, 0.6) is 0 Å². The van der Waals surface area contributed by atoms with E-state index in [1.165, 1.54) is 11.8 Å². The molecule has 1 aromatic heterocycles. The number of hydrogen-bond donors (Lipinski definition) is 2. The molecule has 3 aromatic rings. The van der Waals surface area contributed by atoms with Crippen LogP contribution in [-0.4, -0.2) is 46.5 Å². The highest BCUT2D eigenvalue weighted by molar-refractivity contribution is 6.05. The fourth-order valence-electron chi connectivity index (χ4n) is 2.83. The first-order valence-corrected chi connectivity index (χ1v) is 8.57. The molecule has 28 heavy (non-hydrogen) atoms. The van der Waals surface area contributed by atoms with Crippen LogP contribution in [-0.2, 0) is 16.1 Å². The SMILES string of the molecule is COC[C@H](NC(=O)c1nn(Cc2ccccc2)c(=O)c2ccccc12)C(=O)O. The Hall–Kier alpha value is -3.52. The summed E-state index contributed by atoms with van der Waals surface area (Å²) in [6.45, 7) is -0.00607. The van der Waals surface area contributed by atoms with Crippen LogP contribution < -0.4 is 10.9 Å². The molecule has 0 unspecified atom stereocenters. The van der Waals surface area contributed by atoms with Crippen LogP contribution in [0.1, 0.15) is 16.1 Å². The maximum absolute atomic E-state index is 12.8. The highest BCUT2D eigenvalue weighted by Gasteiger charge is 2.23. The molecular formula is C20H19N3O5. The lowest BCUT2D eigenvalue weighted by atomic mass is 10.1. The van der Waals surface area contributed by atoms with Crippen molar-refractivity contribution in [1.82, 2.24) is 15.1 Å². The highest BCUT2D eigenvalue weighted by atomic mass is 16.5. The number of carbonyl (C=O) groups excluding carboxylic acids is 1. The molecular weight excluding hydrogens is 362 g/mol. The number of methoxy groups -OCH3 is 1. The number of carbonyl (C=O) groups is 2. The van der Waals surface area contributed by atoms with E-state index in [2.05, 4.69) is 10.4 Å². The summed E-state index contributed by atoms with van der Waals surface area (Å²) in [5.41, 5.74) is 0.498. The molecule has 0 saturated carbocycles. The Balaban J connectivity index is 2.05. The zero-order valence-corrected chi connectivity index (χ0v) is 15.2. The van der Waals surface area contributed by atoms with E-state index in [1.807, 2.05) is 30.3 Å². The van der Waals surface area contributed by atoms with Crippen LogP contribution in [0.3, 0.4) is 0 Å². The van der Waals surface area contributed by atoms with Crippen molar-refractivity contribution in [3.8, 4) is 0 Å². The molecule has 1 heterocycles. The van der Waals surface area contributed by atoms with Crippen molar-refractivity contribution >= 4 is 22.6 Å². The Kier molecular flexibility index (Phi) is 5.81. The quantitative estimate of drug-likeness (QED) is 0.638. The molecule has 0 aliphatic carbocycles. The van der Waals surface area contributed by atoms with Gasteiger partial charge in [0, 0.05) is 12.5 Å². The van der Waals surface area contributed by atoms with Crippen molar-refractivity contribution in [1.29, 1.82) is 0 Å². The van der Waals surface area contributed by atoms with Gasteiger partial charge in [0.2, 0.25) is 0 Å². The van der Waals surface area contributed by atoms with Gasteiger partial charge in [-0.2, -0.15) is 5.10 Å². The summed E-state index contributed by atoms with van der Waals surface area (Å²) in [6, 6.07) is 14.6. The number of carboxylic acid groups (broad SMARTS) is 1. The lowest BCUT2D eigenvalue weighted by Crippen LogP contribution is -2.44. The summed E-state index contributed by atoms with van der Waals surface area (Å²) < 4.78 is 6.05. The van der Waals surface area contributed by atoms with Gasteiger partial charge in [-0.15, -0.1) is 0 Å². The number of carboxylic acids is 1. The molecule has 8 heteroatoms. The third-order valence-corrected chi connectivity index (χ3v) is 4.19. The van der Waals surface area contributed by atoms with Gasteiger partial charge in [0.05, 0.1) is 18.5 Å². The maximum atomic E-state index is 12.8. The third kappa shape index (κ3) is 4.07.